The van der Waals surface area contributed by atoms with Crippen LogP contribution in [0.1, 0.15) is 13.3 Å². The molecule has 1 heterocycles. The Morgan fingerprint density at radius 2 is 2.15 bits per heavy atom. The lowest BCUT2D eigenvalue weighted by Gasteiger charge is -2.02. The molecular weight excluding hydrogens is 274 g/mol. The lowest BCUT2D eigenvalue weighted by atomic mass is 10.1. The number of hydrogen-bond donors (Lipinski definition) is 2. The quantitative estimate of drug-likeness (QED) is 0.633. The first-order valence-corrected chi connectivity index (χ1v) is 7.26. The van der Waals surface area contributed by atoms with E-state index in [0.717, 1.165) is 17.7 Å². The Morgan fingerprint density at radius 3 is 2.85 bits per heavy atom. The van der Waals surface area contributed by atoms with Gasteiger partial charge in [0.05, 0.1) is 5.69 Å². The zero-order chi connectivity index (χ0) is 14.4. The van der Waals surface area contributed by atoms with Gasteiger partial charge >= 0.3 is 0 Å². The average Bonchev–Trinajstić information content (AvgIpc) is 2.88. The van der Waals surface area contributed by atoms with E-state index in [1.54, 1.807) is 0 Å². The van der Waals surface area contributed by atoms with Gasteiger partial charge in [-0.15, -0.1) is 11.3 Å². The maximum Gasteiger partial charge on any atom is 0.252 e. The number of hydrogen-bond acceptors (Lipinski definition) is 5. The SMILES string of the molecule is CCCOCC(=O)Nc1nc(-c2ccc(N)cc2)cs1. The number of amides is 1. The van der Waals surface area contributed by atoms with Gasteiger partial charge in [0.1, 0.15) is 6.61 Å². The summed E-state index contributed by atoms with van der Waals surface area (Å²) < 4.78 is 5.17. The first kappa shape index (κ1) is 14.5. The molecule has 5 nitrogen and oxygen atoms in total. The van der Waals surface area contributed by atoms with Gasteiger partial charge < -0.3 is 10.5 Å². The largest absolute Gasteiger partial charge is 0.399 e. The number of carbonyl (C=O) groups is 1. The zero-order valence-corrected chi connectivity index (χ0v) is 12.1. The van der Waals surface area contributed by atoms with E-state index >= 15 is 0 Å². The van der Waals surface area contributed by atoms with Crippen molar-refractivity contribution in [2.24, 2.45) is 0 Å². The molecule has 106 valence electrons. The predicted molar refractivity (Wildman–Crippen MR) is 81.7 cm³/mol. The van der Waals surface area contributed by atoms with E-state index < -0.39 is 0 Å². The summed E-state index contributed by atoms with van der Waals surface area (Å²) in [6.45, 7) is 2.64. The van der Waals surface area contributed by atoms with Crippen molar-refractivity contribution < 1.29 is 9.53 Å². The number of nitrogens with zero attached hydrogens (tertiary/aromatic N) is 1. The molecule has 0 fully saturated rings. The van der Waals surface area contributed by atoms with Crippen LogP contribution in [0.15, 0.2) is 29.6 Å². The van der Waals surface area contributed by atoms with Crippen LogP contribution in [0.4, 0.5) is 10.8 Å². The fourth-order valence-electron chi connectivity index (χ4n) is 1.58. The Balaban J connectivity index is 1.95. The van der Waals surface area contributed by atoms with Gasteiger partial charge in [0, 0.05) is 23.2 Å². The standard InChI is InChI=1S/C14H17N3O2S/c1-2-7-19-8-13(18)17-14-16-12(9-20-14)10-3-5-11(15)6-4-10/h3-6,9H,2,7-8,15H2,1H3,(H,16,17,18). The highest BCUT2D eigenvalue weighted by atomic mass is 32.1. The Hall–Kier alpha value is -1.92. The molecule has 2 rings (SSSR count). The van der Waals surface area contributed by atoms with E-state index in [4.69, 9.17) is 10.5 Å². The Kier molecular flexibility index (Phi) is 5.09. The van der Waals surface area contributed by atoms with Gasteiger partial charge in [-0.05, 0) is 18.6 Å². The number of carbonyl (C=O) groups excluding carboxylic acids is 1. The van der Waals surface area contributed by atoms with E-state index in [1.165, 1.54) is 11.3 Å². The summed E-state index contributed by atoms with van der Waals surface area (Å²) in [6, 6.07) is 7.46. The van der Waals surface area contributed by atoms with Crippen LogP contribution in [0.3, 0.4) is 0 Å². The van der Waals surface area contributed by atoms with Crippen molar-refractivity contribution >= 4 is 28.1 Å². The molecule has 0 radical (unpaired) electrons. The van der Waals surface area contributed by atoms with Gasteiger partial charge in [-0.3, -0.25) is 10.1 Å². The molecule has 0 aliphatic carbocycles. The third-order valence-corrected chi connectivity index (χ3v) is 3.30. The minimum atomic E-state index is -0.184. The van der Waals surface area contributed by atoms with Crippen LogP contribution < -0.4 is 11.1 Å². The molecule has 0 unspecified atom stereocenters. The van der Waals surface area contributed by atoms with Crippen molar-refractivity contribution in [1.29, 1.82) is 0 Å². The molecule has 0 saturated heterocycles. The van der Waals surface area contributed by atoms with Gasteiger partial charge in [-0.25, -0.2) is 4.98 Å². The molecule has 1 aromatic heterocycles. The number of ether oxygens (including phenoxy) is 1. The van der Waals surface area contributed by atoms with Crippen molar-refractivity contribution in [3.8, 4) is 11.3 Å². The Bertz CT molecular complexity index is 566. The van der Waals surface area contributed by atoms with Gasteiger partial charge in [0.25, 0.3) is 5.91 Å². The maximum absolute atomic E-state index is 11.6. The van der Waals surface area contributed by atoms with Crippen LogP contribution in [0.2, 0.25) is 0 Å². The minimum absolute atomic E-state index is 0.0601. The van der Waals surface area contributed by atoms with Crippen LogP contribution in [0.5, 0.6) is 0 Å². The number of rotatable bonds is 6. The second kappa shape index (κ2) is 7.02. The fraction of sp³-hybridized carbons (Fsp3) is 0.286. The van der Waals surface area contributed by atoms with E-state index in [1.807, 2.05) is 36.6 Å². The maximum atomic E-state index is 11.6. The topological polar surface area (TPSA) is 77.2 Å². The number of nitrogens with two attached hydrogens (primary N) is 1. The highest BCUT2D eigenvalue weighted by Gasteiger charge is 2.08. The number of anilines is 2. The molecule has 0 aliphatic heterocycles. The normalized spacial score (nSPS) is 10.4. The van der Waals surface area contributed by atoms with Gasteiger partial charge in [-0.2, -0.15) is 0 Å². The number of aromatic nitrogens is 1. The first-order valence-electron chi connectivity index (χ1n) is 6.38. The van der Waals surface area contributed by atoms with E-state index in [2.05, 4.69) is 10.3 Å². The smallest absolute Gasteiger partial charge is 0.252 e. The van der Waals surface area contributed by atoms with Crippen molar-refractivity contribution in [3.63, 3.8) is 0 Å². The molecule has 0 saturated carbocycles. The van der Waals surface area contributed by atoms with Gasteiger partial charge in [0.2, 0.25) is 0 Å². The van der Waals surface area contributed by atoms with Crippen molar-refractivity contribution in [1.82, 2.24) is 4.98 Å². The molecule has 0 aliphatic rings. The summed E-state index contributed by atoms with van der Waals surface area (Å²) in [4.78, 5) is 16.0. The van der Waals surface area contributed by atoms with E-state index in [-0.39, 0.29) is 12.5 Å². The molecule has 2 aromatic rings. The highest BCUT2D eigenvalue weighted by Crippen LogP contribution is 2.25. The van der Waals surface area contributed by atoms with Crippen LogP contribution in [0.25, 0.3) is 11.3 Å². The van der Waals surface area contributed by atoms with Crippen molar-refractivity contribution in [3.05, 3.63) is 29.6 Å². The van der Waals surface area contributed by atoms with Crippen LogP contribution in [-0.2, 0) is 9.53 Å². The first-order chi connectivity index (χ1) is 9.69. The van der Waals surface area contributed by atoms with Crippen LogP contribution >= 0.6 is 11.3 Å². The Labute approximate surface area is 121 Å². The summed E-state index contributed by atoms with van der Waals surface area (Å²) >= 11 is 1.39. The summed E-state index contributed by atoms with van der Waals surface area (Å²) in [6.07, 6.45) is 0.895. The molecule has 0 atom stereocenters. The molecule has 6 heteroatoms. The third kappa shape index (κ3) is 4.04. The average molecular weight is 291 g/mol. The van der Waals surface area contributed by atoms with Gasteiger partial charge in [-0.1, -0.05) is 19.1 Å². The van der Waals surface area contributed by atoms with Crippen LogP contribution in [0, 0.1) is 0 Å². The second-order valence-electron chi connectivity index (χ2n) is 4.26. The Morgan fingerprint density at radius 1 is 1.40 bits per heavy atom. The number of benzene rings is 1. The summed E-state index contributed by atoms with van der Waals surface area (Å²) in [7, 11) is 0. The molecule has 0 spiro atoms. The second-order valence-corrected chi connectivity index (χ2v) is 5.12. The molecular formula is C14H17N3O2S. The highest BCUT2D eigenvalue weighted by molar-refractivity contribution is 7.14. The molecule has 1 amide bonds. The van der Waals surface area contributed by atoms with Crippen LogP contribution in [-0.4, -0.2) is 24.1 Å². The van der Waals surface area contributed by atoms with Gasteiger partial charge in [0.15, 0.2) is 5.13 Å². The minimum Gasteiger partial charge on any atom is -0.399 e. The summed E-state index contributed by atoms with van der Waals surface area (Å²) in [5.41, 5.74) is 8.15. The summed E-state index contributed by atoms with van der Waals surface area (Å²) in [5, 5.41) is 5.19. The van der Waals surface area contributed by atoms with E-state index in [0.29, 0.717) is 17.4 Å². The molecule has 1 aromatic carbocycles. The fourth-order valence-corrected chi connectivity index (χ4v) is 2.32. The molecule has 3 N–H and O–H groups in total. The van der Waals surface area contributed by atoms with Crippen molar-refractivity contribution in [2.75, 3.05) is 24.3 Å². The zero-order valence-electron chi connectivity index (χ0n) is 11.3. The molecule has 20 heavy (non-hydrogen) atoms. The monoisotopic (exact) mass is 291 g/mol. The lowest BCUT2D eigenvalue weighted by molar-refractivity contribution is -0.120. The molecule has 0 bridgehead atoms. The van der Waals surface area contributed by atoms with E-state index in [9.17, 15) is 4.79 Å². The van der Waals surface area contributed by atoms with Crippen molar-refractivity contribution in [2.45, 2.75) is 13.3 Å². The predicted octanol–water partition coefficient (Wildman–Crippen LogP) is 2.76. The third-order valence-electron chi connectivity index (χ3n) is 2.54. The lowest BCUT2D eigenvalue weighted by Crippen LogP contribution is -2.18. The summed E-state index contributed by atoms with van der Waals surface area (Å²) in [5.74, 6) is -0.184. The number of nitrogen functional groups attached to an aromatic ring is 1. The number of nitrogens with one attached hydrogen (secondary N) is 1. The number of thiazole rings is 1.